The van der Waals surface area contributed by atoms with Crippen molar-refractivity contribution in [1.82, 2.24) is 5.32 Å². The Balaban J connectivity index is 1.96. The van der Waals surface area contributed by atoms with Crippen molar-refractivity contribution in [3.05, 3.63) is 0 Å². The van der Waals surface area contributed by atoms with Crippen LogP contribution in [0.15, 0.2) is 0 Å². The molecule has 0 bridgehead atoms. The van der Waals surface area contributed by atoms with Crippen molar-refractivity contribution in [2.75, 3.05) is 13.2 Å². The van der Waals surface area contributed by atoms with E-state index in [0.717, 1.165) is 24.8 Å². The van der Waals surface area contributed by atoms with Gasteiger partial charge in [0.1, 0.15) is 0 Å². The van der Waals surface area contributed by atoms with Gasteiger partial charge in [-0.3, -0.25) is 0 Å². The number of aliphatic hydroxyl groups is 1. The largest absolute Gasteiger partial charge is 0.394 e. The first-order valence-corrected chi connectivity index (χ1v) is 6.54. The predicted molar refractivity (Wildman–Crippen MR) is 62.7 cm³/mol. The standard InChI is InChI=1S/C13H25NO/c1-10-4-3-7-13(9-15,11(10)2)14-8-12-5-6-12/h10-12,14-15H,3-9H2,1-2H3. The SMILES string of the molecule is CC1CCCC(CO)(NCC2CC2)C1C. The Hall–Kier alpha value is -0.0800. The van der Waals surface area contributed by atoms with Crippen LogP contribution < -0.4 is 5.32 Å². The van der Waals surface area contributed by atoms with E-state index in [0.29, 0.717) is 12.5 Å². The summed E-state index contributed by atoms with van der Waals surface area (Å²) in [5.74, 6) is 2.26. The van der Waals surface area contributed by atoms with E-state index >= 15 is 0 Å². The molecule has 2 rings (SSSR count). The van der Waals surface area contributed by atoms with Gasteiger partial charge in [0.05, 0.1) is 6.61 Å². The molecule has 0 spiro atoms. The van der Waals surface area contributed by atoms with Gasteiger partial charge >= 0.3 is 0 Å². The molecule has 2 heteroatoms. The first kappa shape index (κ1) is 11.4. The zero-order valence-electron chi connectivity index (χ0n) is 10.1. The molecular weight excluding hydrogens is 186 g/mol. The average Bonchev–Trinajstić information content (AvgIpc) is 3.05. The first-order valence-electron chi connectivity index (χ1n) is 6.54. The van der Waals surface area contributed by atoms with Crippen LogP contribution in [0.5, 0.6) is 0 Å². The van der Waals surface area contributed by atoms with Crippen LogP contribution in [0, 0.1) is 17.8 Å². The van der Waals surface area contributed by atoms with Crippen molar-refractivity contribution < 1.29 is 5.11 Å². The molecule has 2 fully saturated rings. The van der Waals surface area contributed by atoms with E-state index in [9.17, 15) is 5.11 Å². The highest BCUT2D eigenvalue weighted by Gasteiger charge is 2.41. The molecule has 2 saturated carbocycles. The highest BCUT2D eigenvalue weighted by atomic mass is 16.3. The minimum Gasteiger partial charge on any atom is -0.394 e. The summed E-state index contributed by atoms with van der Waals surface area (Å²) < 4.78 is 0. The minimum atomic E-state index is 0.0280. The lowest BCUT2D eigenvalue weighted by atomic mass is 9.68. The minimum absolute atomic E-state index is 0.0280. The van der Waals surface area contributed by atoms with Crippen molar-refractivity contribution in [3.63, 3.8) is 0 Å². The van der Waals surface area contributed by atoms with Crippen molar-refractivity contribution in [3.8, 4) is 0 Å². The summed E-state index contributed by atoms with van der Waals surface area (Å²) >= 11 is 0. The van der Waals surface area contributed by atoms with Gasteiger partial charge in [-0.05, 0) is 43.6 Å². The Morgan fingerprint density at radius 3 is 2.60 bits per heavy atom. The van der Waals surface area contributed by atoms with E-state index in [2.05, 4.69) is 19.2 Å². The van der Waals surface area contributed by atoms with Gasteiger partial charge in [-0.15, -0.1) is 0 Å². The molecule has 0 aromatic heterocycles. The van der Waals surface area contributed by atoms with Crippen LogP contribution in [0.4, 0.5) is 0 Å². The van der Waals surface area contributed by atoms with Crippen LogP contribution in [-0.4, -0.2) is 23.8 Å². The summed E-state index contributed by atoms with van der Waals surface area (Å²) in [7, 11) is 0. The van der Waals surface area contributed by atoms with Crippen molar-refractivity contribution in [2.24, 2.45) is 17.8 Å². The maximum absolute atomic E-state index is 9.70. The summed E-state index contributed by atoms with van der Waals surface area (Å²) in [6.45, 7) is 6.07. The fraction of sp³-hybridized carbons (Fsp3) is 1.00. The van der Waals surface area contributed by atoms with Gasteiger partial charge in [0.25, 0.3) is 0 Å². The van der Waals surface area contributed by atoms with E-state index in [1.165, 1.54) is 25.7 Å². The van der Waals surface area contributed by atoms with Crippen LogP contribution in [0.1, 0.15) is 46.0 Å². The molecule has 0 amide bonds. The van der Waals surface area contributed by atoms with Gasteiger partial charge in [-0.25, -0.2) is 0 Å². The molecule has 15 heavy (non-hydrogen) atoms. The summed E-state index contributed by atoms with van der Waals surface area (Å²) in [6, 6.07) is 0. The van der Waals surface area contributed by atoms with E-state index in [1.807, 2.05) is 0 Å². The van der Waals surface area contributed by atoms with E-state index < -0.39 is 0 Å². The third-order valence-electron chi connectivity index (χ3n) is 4.73. The van der Waals surface area contributed by atoms with Crippen LogP contribution in [-0.2, 0) is 0 Å². The van der Waals surface area contributed by atoms with E-state index in [4.69, 9.17) is 0 Å². The molecule has 0 aliphatic heterocycles. The average molecular weight is 211 g/mol. The van der Waals surface area contributed by atoms with Gasteiger partial charge in [-0.2, -0.15) is 0 Å². The topological polar surface area (TPSA) is 32.3 Å². The number of rotatable bonds is 4. The lowest BCUT2D eigenvalue weighted by molar-refractivity contribution is 0.0446. The highest BCUT2D eigenvalue weighted by molar-refractivity contribution is 4.98. The van der Waals surface area contributed by atoms with Gasteiger partial charge in [0.2, 0.25) is 0 Å². The molecule has 0 radical (unpaired) electrons. The number of hydrogen-bond acceptors (Lipinski definition) is 2. The second-order valence-electron chi connectivity index (χ2n) is 5.80. The van der Waals surface area contributed by atoms with Crippen molar-refractivity contribution in [1.29, 1.82) is 0 Å². The molecule has 0 aromatic rings. The van der Waals surface area contributed by atoms with Crippen LogP contribution in [0.2, 0.25) is 0 Å². The fourth-order valence-corrected chi connectivity index (χ4v) is 2.96. The summed E-state index contributed by atoms with van der Waals surface area (Å²) in [5.41, 5.74) is 0.0280. The van der Waals surface area contributed by atoms with Gasteiger partial charge in [0.15, 0.2) is 0 Å². The predicted octanol–water partition coefficient (Wildman–Crippen LogP) is 2.17. The molecule has 0 saturated heterocycles. The van der Waals surface area contributed by atoms with Crippen LogP contribution in [0.25, 0.3) is 0 Å². The molecule has 0 aromatic carbocycles. The molecule has 3 unspecified atom stereocenters. The molecule has 3 atom stereocenters. The quantitative estimate of drug-likeness (QED) is 0.747. The Bertz CT molecular complexity index is 215. The normalized spacial score (nSPS) is 41.8. The third kappa shape index (κ3) is 2.36. The van der Waals surface area contributed by atoms with Gasteiger partial charge < -0.3 is 10.4 Å². The maximum Gasteiger partial charge on any atom is 0.0616 e. The van der Waals surface area contributed by atoms with Gasteiger partial charge in [0, 0.05) is 5.54 Å². The molecule has 2 aliphatic rings. The smallest absolute Gasteiger partial charge is 0.0616 e. The summed E-state index contributed by atoms with van der Waals surface area (Å²) in [5, 5.41) is 13.4. The zero-order valence-corrected chi connectivity index (χ0v) is 10.1. The molecule has 88 valence electrons. The first-order chi connectivity index (χ1) is 7.18. The lowest BCUT2D eigenvalue weighted by Crippen LogP contribution is -2.57. The van der Waals surface area contributed by atoms with E-state index in [-0.39, 0.29) is 5.54 Å². The van der Waals surface area contributed by atoms with Crippen molar-refractivity contribution in [2.45, 2.75) is 51.5 Å². The number of aliphatic hydroxyl groups excluding tert-OH is 1. The Morgan fingerprint density at radius 1 is 1.27 bits per heavy atom. The molecular formula is C13H25NO. The molecule has 2 nitrogen and oxygen atoms in total. The summed E-state index contributed by atoms with van der Waals surface area (Å²) in [6.07, 6.45) is 6.52. The summed E-state index contributed by atoms with van der Waals surface area (Å²) in [4.78, 5) is 0. The number of nitrogens with one attached hydrogen (secondary N) is 1. The van der Waals surface area contributed by atoms with Crippen LogP contribution in [0.3, 0.4) is 0 Å². The second kappa shape index (κ2) is 4.42. The zero-order chi connectivity index (χ0) is 10.9. The van der Waals surface area contributed by atoms with Crippen molar-refractivity contribution >= 4 is 0 Å². The monoisotopic (exact) mass is 211 g/mol. The second-order valence-corrected chi connectivity index (χ2v) is 5.80. The Labute approximate surface area is 93.5 Å². The molecule has 2 aliphatic carbocycles. The van der Waals surface area contributed by atoms with Gasteiger partial charge in [-0.1, -0.05) is 26.7 Å². The maximum atomic E-state index is 9.70. The number of hydrogen-bond donors (Lipinski definition) is 2. The lowest BCUT2D eigenvalue weighted by Gasteiger charge is -2.45. The fourth-order valence-electron chi connectivity index (χ4n) is 2.96. The van der Waals surface area contributed by atoms with E-state index in [1.54, 1.807) is 0 Å². The Kier molecular flexibility index (Phi) is 3.36. The Morgan fingerprint density at radius 2 is 2.00 bits per heavy atom. The molecule has 2 N–H and O–H groups in total. The highest BCUT2D eigenvalue weighted by Crippen LogP contribution is 2.38. The third-order valence-corrected chi connectivity index (χ3v) is 4.73. The van der Waals surface area contributed by atoms with Crippen LogP contribution >= 0.6 is 0 Å². The molecule has 0 heterocycles.